The highest BCUT2D eigenvalue weighted by Gasteiger charge is 2.04. The van der Waals surface area contributed by atoms with Crippen molar-refractivity contribution in [1.82, 2.24) is 5.43 Å². The zero-order valence-corrected chi connectivity index (χ0v) is 11.2. The summed E-state index contributed by atoms with van der Waals surface area (Å²) >= 11 is 0. The van der Waals surface area contributed by atoms with Crippen molar-refractivity contribution in [1.29, 1.82) is 0 Å². The second-order valence-corrected chi connectivity index (χ2v) is 4.39. The molecule has 0 radical (unpaired) electrons. The molecular weight excluding hydrogens is 236 g/mol. The van der Waals surface area contributed by atoms with E-state index in [-0.39, 0.29) is 0 Å². The second-order valence-electron chi connectivity index (χ2n) is 4.39. The predicted octanol–water partition coefficient (Wildman–Crippen LogP) is 2.29. The Hall–Kier alpha value is -2.33. The number of benzene rings is 2. The number of hydrogen-bond donors (Lipinski definition) is 2. The smallest absolute Gasteiger partial charge is 0.147 e. The molecule has 2 rings (SSSR count). The van der Waals surface area contributed by atoms with E-state index in [0.29, 0.717) is 5.84 Å². The van der Waals surface area contributed by atoms with Gasteiger partial charge in [-0.3, -0.25) is 0 Å². The van der Waals surface area contributed by atoms with Crippen LogP contribution in [0.2, 0.25) is 0 Å². The largest absolute Gasteiger partial charge is 0.378 e. The van der Waals surface area contributed by atoms with Crippen molar-refractivity contribution >= 4 is 17.2 Å². The number of amidine groups is 1. The highest BCUT2D eigenvalue weighted by Crippen LogP contribution is 2.16. The van der Waals surface area contributed by atoms with Crippen molar-refractivity contribution in [2.24, 2.45) is 10.8 Å². The van der Waals surface area contributed by atoms with Crippen molar-refractivity contribution in [3.8, 4) is 0 Å². The Bertz CT molecular complexity index is 561. The highest BCUT2D eigenvalue weighted by atomic mass is 15.2. The summed E-state index contributed by atoms with van der Waals surface area (Å²) in [4.78, 5) is 6.55. The maximum Gasteiger partial charge on any atom is 0.147 e. The number of nitrogens with one attached hydrogen (secondary N) is 1. The fraction of sp³-hybridized carbons (Fsp3) is 0.133. The number of para-hydroxylation sites is 1. The summed E-state index contributed by atoms with van der Waals surface area (Å²) in [5.41, 5.74) is 5.59. The molecule has 0 bridgehead atoms. The Balaban J connectivity index is 2.37. The molecule has 19 heavy (non-hydrogen) atoms. The molecule has 2 aromatic carbocycles. The van der Waals surface area contributed by atoms with Gasteiger partial charge in [-0.05, 0) is 24.3 Å². The maximum absolute atomic E-state index is 5.58. The summed E-state index contributed by atoms with van der Waals surface area (Å²) in [6.07, 6.45) is 0. The quantitative estimate of drug-likeness (QED) is 0.382. The predicted molar refractivity (Wildman–Crippen MR) is 80.7 cm³/mol. The van der Waals surface area contributed by atoms with E-state index < -0.39 is 0 Å². The van der Waals surface area contributed by atoms with E-state index in [1.807, 2.05) is 73.6 Å². The molecule has 0 atom stereocenters. The van der Waals surface area contributed by atoms with Gasteiger partial charge in [0.2, 0.25) is 0 Å². The normalized spacial score (nSPS) is 11.2. The molecular formula is C15H18N4. The first kappa shape index (κ1) is 13.1. The van der Waals surface area contributed by atoms with Gasteiger partial charge in [0, 0.05) is 25.3 Å². The summed E-state index contributed by atoms with van der Waals surface area (Å²) in [6, 6.07) is 17.8. The molecule has 4 heteroatoms. The number of anilines is 1. The lowest BCUT2D eigenvalue weighted by atomic mass is 10.1. The Morgan fingerprint density at radius 1 is 1.05 bits per heavy atom. The third-order valence-corrected chi connectivity index (χ3v) is 2.77. The minimum atomic E-state index is 0.648. The second kappa shape index (κ2) is 6.02. The molecule has 0 saturated carbocycles. The minimum Gasteiger partial charge on any atom is -0.378 e. The van der Waals surface area contributed by atoms with E-state index >= 15 is 0 Å². The van der Waals surface area contributed by atoms with Crippen LogP contribution in [0, 0.1) is 0 Å². The van der Waals surface area contributed by atoms with E-state index in [0.717, 1.165) is 16.9 Å². The molecule has 2 aromatic rings. The Labute approximate surface area is 113 Å². The van der Waals surface area contributed by atoms with Crippen LogP contribution in [0.5, 0.6) is 0 Å². The van der Waals surface area contributed by atoms with Crippen LogP contribution in [0.25, 0.3) is 0 Å². The number of hydrazine groups is 1. The van der Waals surface area contributed by atoms with Crippen molar-refractivity contribution in [3.05, 3.63) is 60.2 Å². The molecule has 0 aliphatic carbocycles. The van der Waals surface area contributed by atoms with E-state index in [9.17, 15) is 0 Å². The molecule has 0 heterocycles. The van der Waals surface area contributed by atoms with Crippen LogP contribution in [0.3, 0.4) is 0 Å². The summed E-state index contributed by atoms with van der Waals surface area (Å²) in [6.45, 7) is 0. The highest BCUT2D eigenvalue weighted by molar-refractivity contribution is 6.00. The van der Waals surface area contributed by atoms with E-state index in [1.54, 1.807) is 0 Å². The van der Waals surface area contributed by atoms with Gasteiger partial charge in [0.15, 0.2) is 0 Å². The zero-order chi connectivity index (χ0) is 13.7. The van der Waals surface area contributed by atoms with Crippen molar-refractivity contribution in [3.63, 3.8) is 0 Å². The Morgan fingerprint density at radius 3 is 2.42 bits per heavy atom. The van der Waals surface area contributed by atoms with Crippen LogP contribution in [-0.2, 0) is 0 Å². The van der Waals surface area contributed by atoms with Crippen LogP contribution in [0.1, 0.15) is 5.56 Å². The maximum atomic E-state index is 5.58. The van der Waals surface area contributed by atoms with Gasteiger partial charge in [-0.1, -0.05) is 30.3 Å². The molecule has 0 aliphatic heterocycles. The first-order valence-electron chi connectivity index (χ1n) is 6.09. The zero-order valence-electron chi connectivity index (χ0n) is 11.2. The summed E-state index contributed by atoms with van der Waals surface area (Å²) in [5, 5.41) is 0. The van der Waals surface area contributed by atoms with Crippen molar-refractivity contribution in [2.45, 2.75) is 0 Å². The monoisotopic (exact) mass is 254 g/mol. The topological polar surface area (TPSA) is 53.6 Å². The molecule has 0 aliphatic rings. The molecule has 0 fully saturated rings. The standard InChI is InChI=1S/C15H18N4/c1-19(2)14-10-6-7-12(11-14)15(18-16)17-13-8-4-3-5-9-13/h3-11H,16H2,1-2H3,(H,17,18). The molecule has 0 saturated heterocycles. The SMILES string of the molecule is CN(C)c1cccc(C(=Nc2ccccc2)NN)c1. The molecule has 0 aromatic heterocycles. The average molecular weight is 254 g/mol. The van der Waals surface area contributed by atoms with Crippen molar-refractivity contribution < 1.29 is 0 Å². The average Bonchev–Trinajstić information content (AvgIpc) is 2.46. The van der Waals surface area contributed by atoms with Gasteiger partial charge < -0.3 is 10.3 Å². The third kappa shape index (κ3) is 3.33. The van der Waals surface area contributed by atoms with Gasteiger partial charge in [0.1, 0.15) is 5.84 Å². The van der Waals surface area contributed by atoms with Gasteiger partial charge in [0.25, 0.3) is 0 Å². The number of aliphatic imine (C=N–C) groups is 1. The van der Waals surface area contributed by atoms with Crippen molar-refractivity contribution in [2.75, 3.05) is 19.0 Å². The summed E-state index contributed by atoms with van der Waals surface area (Å²) < 4.78 is 0. The third-order valence-electron chi connectivity index (χ3n) is 2.77. The van der Waals surface area contributed by atoms with Gasteiger partial charge in [0.05, 0.1) is 5.69 Å². The van der Waals surface area contributed by atoms with Gasteiger partial charge in [-0.15, -0.1) is 0 Å². The summed E-state index contributed by atoms with van der Waals surface area (Å²) in [7, 11) is 4.01. The Morgan fingerprint density at radius 2 is 1.79 bits per heavy atom. The number of rotatable bonds is 3. The molecule has 98 valence electrons. The minimum absolute atomic E-state index is 0.648. The van der Waals surface area contributed by atoms with E-state index in [1.165, 1.54) is 0 Å². The van der Waals surface area contributed by atoms with Crippen LogP contribution in [0.4, 0.5) is 11.4 Å². The van der Waals surface area contributed by atoms with Crippen LogP contribution in [0.15, 0.2) is 59.6 Å². The summed E-state index contributed by atoms with van der Waals surface area (Å²) in [5.74, 6) is 6.23. The first-order valence-corrected chi connectivity index (χ1v) is 6.09. The van der Waals surface area contributed by atoms with Gasteiger partial charge >= 0.3 is 0 Å². The molecule has 0 spiro atoms. The lowest BCUT2D eigenvalue weighted by Crippen LogP contribution is -2.31. The van der Waals surface area contributed by atoms with E-state index in [4.69, 9.17) is 5.84 Å². The lowest BCUT2D eigenvalue weighted by Gasteiger charge is -2.14. The molecule has 0 unspecified atom stereocenters. The molecule has 0 amide bonds. The number of nitrogens with two attached hydrogens (primary N) is 1. The first-order chi connectivity index (χ1) is 9.20. The van der Waals surface area contributed by atoms with Gasteiger partial charge in [-0.2, -0.15) is 0 Å². The molecule has 3 N–H and O–H groups in total. The van der Waals surface area contributed by atoms with E-state index in [2.05, 4.69) is 10.4 Å². The van der Waals surface area contributed by atoms with Gasteiger partial charge in [-0.25, -0.2) is 10.8 Å². The lowest BCUT2D eigenvalue weighted by molar-refractivity contribution is 1.02. The fourth-order valence-electron chi connectivity index (χ4n) is 1.74. The van der Waals surface area contributed by atoms with Crippen LogP contribution >= 0.6 is 0 Å². The molecule has 4 nitrogen and oxygen atoms in total. The fourth-order valence-corrected chi connectivity index (χ4v) is 1.74. The van der Waals surface area contributed by atoms with Crippen LogP contribution in [-0.4, -0.2) is 19.9 Å². The Kier molecular flexibility index (Phi) is 4.15. The number of nitrogens with zero attached hydrogens (tertiary/aromatic N) is 2. The number of hydrogen-bond acceptors (Lipinski definition) is 3. The van der Waals surface area contributed by atoms with Crippen LogP contribution < -0.4 is 16.2 Å².